The van der Waals surface area contributed by atoms with E-state index in [4.69, 9.17) is 4.74 Å². The van der Waals surface area contributed by atoms with Crippen molar-refractivity contribution in [3.05, 3.63) is 96.1 Å². The van der Waals surface area contributed by atoms with Gasteiger partial charge in [0.1, 0.15) is 5.75 Å². The Morgan fingerprint density at radius 1 is 0.769 bits per heavy atom. The van der Waals surface area contributed by atoms with E-state index in [0.717, 1.165) is 0 Å². The van der Waals surface area contributed by atoms with E-state index in [2.05, 4.69) is 5.43 Å². The summed E-state index contributed by atoms with van der Waals surface area (Å²) in [6, 6.07) is 24.4. The molecule has 0 heterocycles. The third-order valence-electron chi connectivity index (χ3n) is 3.80. The van der Waals surface area contributed by atoms with Crippen molar-refractivity contribution in [2.24, 2.45) is 0 Å². The van der Waals surface area contributed by atoms with Gasteiger partial charge in [-0.15, -0.1) is 0 Å². The standard InChI is InChI=1S/C21H18N2O3/c1-26-19-14-12-17(13-15-19)21(25)23(18-10-6-3-7-11-18)22-20(24)16-8-4-2-5-9-16/h2-15H,1H3,(H,22,24). The highest BCUT2D eigenvalue weighted by Gasteiger charge is 2.20. The molecule has 0 saturated carbocycles. The Labute approximate surface area is 151 Å². The van der Waals surface area contributed by atoms with Crippen LogP contribution in [0.2, 0.25) is 0 Å². The fraction of sp³-hybridized carbons (Fsp3) is 0.0476. The average Bonchev–Trinajstić information content (AvgIpc) is 2.72. The molecule has 0 spiro atoms. The Balaban J connectivity index is 1.90. The number of nitrogens with one attached hydrogen (secondary N) is 1. The van der Waals surface area contributed by atoms with Crippen molar-refractivity contribution in [3.63, 3.8) is 0 Å². The number of hydrazine groups is 1. The smallest absolute Gasteiger partial charge is 0.277 e. The minimum absolute atomic E-state index is 0.344. The molecule has 3 rings (SSSR count). The molecule has 0 aliphatic rings. The zero-order valence-corrected chi connectivity index (χ0v) is 14.3. The largest absolute Gasteiger partial charge is 0.497 e. The third-order valence-corrected chi connectivity index (χ3v) is 3.80. The zero-order chi connectivity index (χ0) is 18.4. The molecule has 0 aliphatic heterocycles. The van der Waals surface area contributed by atoms with Gasteiger partial charge in [0.25, 0.3) is 11.8 Å². The Morgan fingerprint density at radius 3 is 1.92 bits per heavy atom. The molecule has 0 saturated heterocycles. The first-order chi connectivity index (χ1) is 12.7. The Bertz CT molecular complexity index is 878. The van der Waals surface area contributed by atoms with Gasteiger partial charge in [0.05, 0.1) is 12.8 Å². The van der Waals surface area contributed by atoms with Crippen molar-refractivity contribution >= 4 is 17.5 Å². The molecule has 0 atom stereocenters. The summed E-state index contributed by atoms with van der Waals surface area (Å²) in [6.45, 7) is 0. The Hall–Kier alpha value is -3.60. The number of methoxy groups -OCH3 is 1. The third kappa shape index (κ3) is 3.89. The summed E-state index contributed by atoms with van der Waals surface area (Å²) in [5.74, 6) is -0.0550. The van der Waals surface area contributed by atoms with Gasteiger partial charge in [-0.2, -0.15) is 0 Å². The van der Waals surface area contributed by atoms with Crippen LogP contribution >= 0.6 is 0 Å². The molecule has 0 radical (unpaired) electrons. The summed E-state index contributed by atoms with van der Waals surface area (Å²) in [6.07, 6.45) is 0. The van der Waals surface area contributed by atoms with Gasteiger partial charge < -0.3 is 4.74 Å². The highest BCUT2D eigenvalue weighted by molar-refractivity contribution is 6.09. The lowest BCUT2D eigenvalue weighted by atomic mass is 10.2. The van der Waals surface area contributed by atoms with Crippen molar-refractivity contribution in [2.75, 3.05) is 12.1 Å². The first-order valence-electron chi connectivity index (χ1n) is 8.08. The highest BCUT2D eigenvalue weighted by atomic mass is 16.5. The quantitative estimate of drug-likeness (QED) is 0.733. The van der Waals surface area contributed by atoms with E-state index < -0.39 is 0 Å². The van der Waals surface area contributed by atoms with Crippen LogP contribution in [0.4, 0.5) is 5.69 Å². The molecule has 3 aromatic carbocycles. The monoisotopic (exact) mass is 346 g/mol. The minimum atomic E-state index is -0.365. The van der Waals surface area contributed by atoms with Gasteiger partial charge in [-0.25, -0.2) is 5.01 Å². The normalized spacial score (nSPS) is 10.0. The summed E-state index contributed by atoms with van der Waals surface area (Å²) < 4.78 is 5.12. The van der Waals surface area contributed by atoms with Crippen molar-refractivity contribution in [1.29, 1.82) is 0 Å². The fourth-order valence-electron chi connectivity index (χ4n) is 2.43. The van der Waals surface area contributed by atoms with Crippen LogP contribution < -0.4 is 15.2 Å². The number of hydrogen-bond donors (Lipinski definition) is 1. The number of amides is 2. The molecule has 0 aliphatic carbocycles. The number of anilines is 1. The second kappa shape index (κ2) is 7.98. The van der Waals surface area contributed by atoms with E-state index >= 15 is 0 Å². The van der Waals surface area contributed by atoms with Gasteiger partial charge in [-0.1, -0.05) is 36.4 Å². The number of ether oxygens (including phenoxy) is 1. The van der Waals surface area contributed by atoms with Crippen LogP contribution in [0.15, 0.2) is 84.9 Å². The number of hydrogen-bond acceptors (Lipinski definition) is 3. The number of benzene rings is 3. The predicted octanol–water partition coefficient (Wildman–Crippen LogP) is 3.69. The molecule has 5 nitrogen and oxygen atoms in total. The number of rotatable bonds is 4. The number of para-hydroxylation sites is 1. The SMILES string of the molecule is COc1ccc(C(=O)N(NC(=O)c2ccccc2)c2ccccc2)cc1. The van der Waals surface area contributed by atoms with Crippen LogP contribution in [0.5, 0.6) is 5.75 Å². The van der Waals surface area contributed by atoms with Crippen molar-refractivity contribution in [1.82, 2.24) is 5.43 Å². The molecular formula is C21H18N2O3. The van der Waals surface area contributed by atoms with Crippen molar-refractivity contribution in [3.8, 4) is 5.75 Å². The van der Waals surface area contributed by atoms with Crippen LogP contribution in [-0.2, 0) is 0 Å². The number of nitrogens with zero attached hydrogens (tertiary/aromatic N) is 1. The molecular weight excluding hydrogens is 328 g/mol. The van der Waals surface area contributed by atoms with E-state index in [1.807, 2.05) is 12.1 Å². The van der Waals surface area contributed by atoms with Gasteiger partial charge >= 0.3 is 0 Å². The van der Waals surface area contributed by atoms with Crippen LogP contribution in [0, 0.1) is 0 Å². The molecule has 0 aromatic heterocycles. The van der Waals surface area contributed by atoms with E-state index in [1.54, 1.807) is 79.9 Å². The Morgan fingerprint density at radius 2 is 1.35 bits per heavy atom. The average molecular weight is 346 g/mol. The molecule has 1 N–H and O–H groups in total. The molecule has 0 fully saturated rings. The first-order valence-corrected chi connectivity index (χ1v) is 8.08. The predicted molar refractivity (Wildman–Crippen MR) is 100 cm³/mol. The van der Waals surface area contributed by atoms with Gasteiger partial charge in [-0.05, 0) is 48.5 Å². The molecule has 0 unspecified atom stereocenters. The van der Waals surface area contributed by atoms with E-state index in [9.17, 15) is 9.59 Å². The van der Waals surface area contributed by atoms with Crippen LogP contribution in [0.25, 0.3) is 0 Å². The highest BCUT2D eigenvalue weighted by Crippen LogP contribution is 2.18. The second-order valence-electron chi connectivity index (χ2n) is 5.51. The lowest BCUT2D eigenvalue weighted by Gasteiger charge is -2.23. The molecule has 2 amide bonds. The van der Waals surface area contributed by atoms with Gasteiger partial charge in [0, 0.05) is 11.1 Å². The Kier molecular flexibility index (Phi) is 5.29. The first kappa shape index (κ1) is 17.2. The summed E-state index contributed by atoms with van der Waals surface area (Å²) in [4.78, 5) is 25.5. The molecule has 3 aromatic rings. The van der Waals surface area contributed by atoms with E-state index in [-0.39, 0.29) is 11.8 Å². The van der Waals surface area contributed by atoms with Crippen molar-refractivity contribution < 1.29 is 14.3 Å². The summed E-state index contributed by atoms with van der Waals surface area (Å²) in [5, 5.41) is 1.25. The number of carbonyl (C=O) groups is 2. The minimum Gasteiger partial charge on any atom is -0.497 e. The van der Waals surface area contributed by atoms with Gasteiger partial charge in [0.15, 0.2) is 0 Å². The summed E-state index contributed by atoms with van der Waals surface area (Å²) in [7, 11) is 1.56. The van der Waals surface area contributed by atoms with E-state index in [1.165, 1.54) is 5.01 Å². The lowest BCUT2D eigenvalue weighted by molar-refractivity contribution is 0.0887. The number of carbonyl (C=O) groups excluding carboxylic acids is 2. The van der Waals surface area contributed by atoms with Gasteiger partial charge in [-0.3, -0.25) is 15.0 Å². The molecule has 5 heteroatoms. The van der Waals surface area contributed by atoms with Gasteiger partial charge in [0.2, 0.25) is 0 Å². The molecule has 26 heavy (non-hydrogen) atoms. The second-order valence-corrected chi connectivity index (χ2v) is 5.51. The lowest BCUT2D eigenvalue weighted by Crippen LogP contribution is -2.46. The fourth-order valence-corrected chi connectivity index (χ4v) is 2.43. The maximum Gasteiger partial charge on any atom is 0.277 e. The topological polar surface area (TPSA) is 58.6 Å². The molecule has 0 bridgehead atoms. The van der Waals surface area contributed by atoms with Crippen LogP contribution in [0.1, 0.15) is 20.7 Å². The summed E-state index contributed by atoms with van der Waals surface area (Å²) >= 11 is 0. The van der Waals surface area contributed by atoms with Crippen LogP contribution in [0.3, 0.4) is 0 Å². The maximum atomic E-state index is 13.0. The zero-order valence-electron chi connectivity index (χ0n) is 14.3. The van der Waals surface area contributed by atoms with E-state index in [0.29, 0.717) is 22.6 Å². The maximum absolute atomic E-state index is 13.0. The summed E-state index contributed by atoms with van der Waals surface area (Å²) in [5.41, 5.74) is 4.16. The van der Waals surface area contributed by atoms with Crippen molar-refractivity contribution in [2.45, 2.75) is 0 Å². The van der Waals surface area contributed by atoms with Crippen LogP contribution in [-0.4, -0.2) is 18.9 Å². The molecule has 130 valence electrons.